The number of nitrogen functional groups attached to an aromatic ring is 1. The van der Waals surface area contributed by atoms with Crippen molar-refractivity contribution in [3.8, 4) is 22.8 Å². The summed E-state index contributed by atoms with van der Waals surface area (Å²) in [5.41, 5.74) is 9.84. The first kappa shape index (κ1) is 13.8. The van der Waals surface area contributed by atoms with Crippen LogP contribution in [0.15, 0.2) is 6.07 Å². The van der Waals surface area contributed by atoms with Gasteiger partial charge in [-0.1, -0.05) is 11.6 Å². The monoisotopic (exact) mass is 319 g/mol. The highest BCUT2D eigenvalue weighted by atomic mass is 35.5. The normalized spacial score (nSPS) is 22.2. The number of nitrogens with zero attached hydrogens (tertiary/aromatic N) is 2. The Morgan fingerprint density at radius 2 is 1.82 bits per heavy atom. The first-order chi connectivity index (χ1) is 10.5. The van der Waals surface area contributed by atoms with Crippen molar-refractivity contribution in [3.63, 3.8) is 0 Å². The van der Waals surface area contributed by atoms with Gasteiger partial charge in [-0.3, -0.25) is 4.68 Å². The summed E-state index contributed by atoms with van der Waals surface area (Å²) in [5, 5.41) is 5.21. The maximum Gasteiger partial charge on any atom is 0.142 e. The first-order valence-electron chi connectivity index (χ1n) is 7.46. The maximum absolute atomic E-state index is 6.57. The van der Waals surface area contributed by atoms with Crippen molar-refractivity contribution in [1.29, 1.82) is 0 Å². The van der Waals surface area contributed by atoms with Gasteiger partial charge in [0.05, 0.1) is 16.3 Å². The molecule has 0 saturated heterocycles. The van der Waals surface area contributed by atoms with Gasteiger partial charge in [-0.05, 0) is 13.8 Å². The second-order valence-electron chi connectivity index (χ2n) is 6.15. The van der Waals surface area contributed by atoms with Crippen LogP contribution >= 0.6 is 11.6 Å². The number of anilines is 1. The second kappa shape index (κ2) is 4.56. The van der Waals surface area contributed by atoms with E-state index in [4.69, 9.17) is 26.8 Å². The van der Waals surface area contributed by atoms with Gasteiger partial charge in [0.25, 0.3) is 0 Å². The average molecular weight is 320 g/mol. The van der Waals surface area contributed by atoms with Crippen LogP contribution in [0.4, 0.5) is 5.82 Å². The van der Waals surface area contributed by atoms with Gasteiger partial charge in [0, 0.05) is 37.1 Å². The van der Waals surface area contributed by atoms with Gasteiger partial charge in [-0.2, -0.15) is 5.10 Å². The number of halogens is 1. The molecule has 3 heterocycles. The van der Waals surface area contributed by atoms with E-state index in [9.17, 15) is 0 Å². The van der Waals surface area contributed by atoms with Crippen LogP contribution in [0.25, 0.3) is 11.3 Å². The van der Waals surface area contributed by atoms with Gasteiger partial charge in [0.2, 0.25) is 0 Å². The summed E-state index contributed by atoms with van der Waals surface area (Å²) in [5.74, 6) is 2.24. The number of ether oxygens (including phenoxy) is 2. The molecular formula is C16H18ClN3O2. The van der Waals surface area contributed by atoms with Crippen LogP contribution in [-0.2, 0) is 19.9 Å². The third kappa shape index (κ3) is 1.81. The molecule has 0 bridgehead atoms. The number of benzene rings is 1. The van der Waals surface area contributed by atoms with Crippen molar-refractivity contribution in [2.45, 2.75) is 38.9 Å². The maximum atomic E-state index is 6.57. The Labute approximate surface area is 134 Å². The van der Waals surface area contributed by atoms with Gasteiger partial charge >= 0.3 is 0 Å². The van der Waals surface area contributed by atoms with E-state index in [0.29, 0.717) is 10.8 Å². The third-order valence-electron chi connectivity index (χ3n) is 4.33. The molecule has 116 valence electrons. The lowest BCUT2D eigenvalue weighted by Crippen LogP contribution is -2.07. The van der Waals surface area contributed by atoms with Crippen LogP contribution in [0.2, 0.25) is 5.02 Å². The Hall–Kier alpha value is -1.88. The van der Waals surface area contributed by atoms with Crippen molar-refractivity contribution >= 4 is 17.4 Å². The van der Waals surface area contributed by atoms with Crippen LogP contribution in [0.1, 0.15) is 25.0 Å². The predicted octanol–water partition coefficient (Wildman–Crippen LogP) is 2.97. The Morgan fingerprint density at radius 3 is 2.45 bits per heavy atom. The smallest absolute Gasteiger partial charge is 0.142 e. The molecule has 2 atom stereocenters. The van der Waals surface area contributed by atoms with E-state index in [2.05, 4.69) is 5.10 Å². The minimum absolute atomic E-state index is 0.104. The van der Waals surface area contributed by atoms with Crippen LogP contribution < -0.4 is 15.2 Å². The van der Waals surface area contributed by atoms with Crippen LogP contribution in [0.5, 0.6) is 11.5 Å². The second-order valence-corrected chi connectivity index (χ2v) is 6.53. The molecular weight excluding hydrogens is 302 g/mol. The number of aryl methyl sites for hydroxylation is 1. The summed E-state index contributed by atoms with van der Waals surface area (Å²) >= 11 is 6.57. The van der Waals surface area contributed by atoms with Crippen molar-refractivity contribution in [1.82, 2.24) is 9.78 Å². The summed E-state index contributed by atoms with van der Waals surface area (Å²) < 4.78 is 13.7. The standard InChI is InChI=1S/C16H18ClN3O2/c1-7-4-9-13(11-6-12(18)20(3)19-11)15-10(5-8(2)21-15)14(17)16(9)22-7/h6-8H,4-5,18H2,1-3H3. The predicted molar refractivity (Wildman–Crippen MR) is 85.7 cm³/mol. The number of hydrogen-bond donors (Lipinski definition) is 1. The van der Waals surface area contributed by atoms with Gasteiger partial charge in [0.1, 0.15) is 29.5 Å². The van der Waals surface area contributed by atoms with Crippen molar-refractivity contribution in [2.75, 3.05) is 5.73 Å². The number of aromatic nitrogens is 2. The quantitative estimate of drug-likeness (QED) is 0.877. The van der Waals surface area contributed by atoms with Crippen molar-refractivity contribution in [3.05, 3.63) is 22.2 Å². The molecule has 2 unspecified atom stereocenters. The average Bonchev–Trinajstić information content (AvgIpc) is 3.10. The summed E-state index contributed by atoms with van der Waals surface area (Å²) in [6.07, 6.45) is 1.79. The fraction of sp³-hybridized carbons (Fsp3) is 0.438. The van der Waals surface area contributed by atoms with Gasteiger partial charge in [0.15, 0.2) is 0 Å². The Bertz CT molecular complexity index is 726. The topological polar surface area (TPSA) is 62.3 Å². The first-order valence-corrected chi connectivity index (χ1v) is 7.84. The Kier molecular flexibility index (Phi) is 2.85. The van der Waals surface area contributed by atoms with E-state index in [1.165, 1.54) is 0 Å². The molecule has 2 aromatic rings. The number of hydrogen-bond acceptors (Lipinski definition) is 4. The molecule has 4 rings (SSSR count). The van der Waals surface area contributed by atoms with Gasteiger partial charge < -0.3 is 15.2 Å². The molecule has 2 N–H and O–H groups in total. The summed E-state index contributed by atoms with van der Waals surface area (Å²) in [7, 11) is 1.83. The molecule has 0 fully saturated rings. The molecule has 1 aromatic carbocycles. The lowest BCUT2D eigenvalue weighted by atomic mass is 9.96. The molecule has 0 radical (unpaired) electrons. The van der Waals surface area contributed by atoms with Gasteiger partial charge in [-0.15, -0.1) is 0 Å². The Morgan fingerprint density at radius 1 is 1.18 bits per heavy atom. The van der Waals surface area contributed by atoms with E-state index >= 15 is 0 Å². The summed E-state index contributed by atoms with van der Waals surface area (Å²) in [4.78, 5) is 0. The van der Waals surface area contributed by atoms with Gasteiger partial charge in [-0.25, -0.2) is 0 Å². The molecule has 2 aliphatic heterocycles. The van der Waals surface area contributed by atoms with Crippen molar-refractivity contribution < 1.29 is 9.47 Å². The molecule has 0 aliphatic carbocycles. The largest absolute Gasteiger partial charge is 0.489 e. The minimum Gasteiger partial charge on any atom is -0.489 e. The van der Waals surface area contributed by atoms with Crippen LogP contribution in [-0.4, -0.2) is 22.0 Å². The zero-order chi connectivity index (χ0) is 15.6. The fourth-order valence-electron chi connectivity index (χ4n) is 3.34. The SMILES string of the molecule is CC1Cc2c(c(Cl)c3c(c2-c2cc(N)n(C)n2)OC(C)C3)O1. The molecule has 0 saturated carbocycles. The lowest BCUT2D eigenvalue weighted by Gasteiger charge is -2.13. The molecule has 0 amide bonds. The summed E-state index contributed by atoms with van der Waals surface area (Å²) in [6, 6.07) is 1.87. The van der Waals surface area contributed by atoms with E-state index in [1.807, 2.05) is 27.0 Å². The fourth-order valence-corrected chi connectivity index (χ4v) is 3.66. The van der Waals surface area contributed by atoms with E-state index < -0.39 is 0 Å². The van der Waals surface area contributed by atoms with E-state index in [0.717, 1.165) is 46.7 Å². The number of rotatable bonds is 1. The molecule has 22 heavy (non-hydrogen) atoms. The Balaban J connectivity index is 2.02. The highest BCUT2D eigenvalue weighted by Gasteiger charge is 2.36. The van der Waals surface area contributed by atoms with E-state index in [-0.39, 0.29) is 12.2 Å². The molecule has 6 heteroatoms. The molecule has 5 nitrogen and oxygen atoms in total. The number of fused-ring (bicyclic) bond motifs is 2. The van der Waals surface area contributed by atoms with Crippen LogP contribution in [0.3, 0.4) is 0 Å². The van der Waals surface area contributed by atoms with Crippen molar-refractivity contribution in [2.24, 2.45) is 7.05 Å². The highest BCUT2D eigenvalue weighted by Crippen LogP contribution is 2.52. The lowest BCUT2D eigenvalue weighted by molar-refractivity contribution is 0.254. The van der Waals surface area contributed by atoms with Crippen LogP contribution in [0, 0.1) is 0 Å². The summed E-state index contributed by atoms with van der Waals surface area (Å²) in [6.45, 7) is 4.09. The molecule has 2 aliphatic rings. The van der Waals surface area contributed by atoms with E-state index in [1.54, 1.807) is 4.68 Å². The number of nitrogens with two attached hydrogens (primary N) is 1. The molecule has 1 aromatic heterocycles. The molecule has 0 spiro atoms. The third-order valence-corrected chi connectivity index (χ3v) is 4.73. The highest BCUT2D eigenvalue weighted by molar-refractivity contribution is 6.33. The zero-order valence-electron chi connectivity index (χ0n) is 12.8. The minimum atomic E-state index is 0.104. The zero-order valence-corrected chi connectivity index (χ0v) is 13.6.